The fourth-order valence-electron chi connectivity index (χ4n) is 5.46. The lowest BCUT2D eigenvalue weighted by Crippen LogP contribution is -2.44. The summed E-state index contributed by atoms with van der Waals surface area (Å²) in [5, 5.41) is 3.87. The van der Waals surface area contributed by atoms with Crippen LogP contribution in [0.3, 0.4) is 0 Å². The molecule has 1 aromatic heterocycles. The van der Waals surface area contributed by atoms with E-state index >= 15 is 0 Å². The van der Waals surface area contributed by atoms with Crippen LogP contribution in [0, 0.1) is 11.8 Å². The van der Waals surface area contributed by atoms with E-state index in [1.165, 1.54) is 32.1 Å². The van der Waals surface area contributed by atoms with Crippen LogP contribution in [0.15, 0.2) is 30.6 Å². The molecule has 3 aliphatic rings. The SMILES string of the molecule is O=C(NCC1CCCCC1)C1CCN(C(=O)c2ncn3c2COC(c2ccc(Cl)cc2)C3)CC1. The molecule has 2 aromatic rings. The molecule has 1 aliphatic carbocycles. The van der Waals surface area contributed by atoms with E-state index in [0.717, 1.165) is 17.8 Å². The summed E-state index contributed by atoms with van der Waals surface area (Å²) in [6, 6.07) is 7.66. The number of halogens is 1. The van der Waals surface area contributed by atoms with Gasteiger partial charge in [-0.25, -0.2) is 4.98 Å². The van der Waals surface area contributed by atoms with E-state index in [0.29, 0.717) is 55.7 Å². The number of piperidine rings is 1. The highest BCUT2D eigenvalue weighted by molar-refractivity contribution is 6.30. The second-order valence-electron chi connectivity index (χ2n) is 9.86. The maximum atomic E-state index is 13.2. The first-order valence-corrected chi connectivity index (χ1v) is 12.9. The van der Waals surface area contributed by atoms with Gasteiger partial charge >= 0.3 is 0 Å². The van der Waals surface area contributed by atoms with Gasteiger partial charge in [-0.05, 0) is 49.3 Å². The quantitative estimate of drug-likeness (QED) is 0.684. The summed E-state index contributed by atoms with van der Waals surface area (Å²) < 4.78 is 8.08. The van der Waals surface area contributed by atoms with Crippen molar-refractivity contribution in [2.24, 2.45) is 11.8 Å². The molecular weight excluding hydrogens is 452 g/mol. The normalized spacial score (nSPS) is 21.8. The molecule has 2 aliphatic heterocycles. The molecule has 0 bridgehead atoms. The largest absolute Gasteiger partial charge is 0.365 e. The number of likely N-dealkylation sites (tertiary alicyclic amines) is 1. The van der Waals surface area contributed by atoms with Crippen molar-refractivity contribution in [2.45, 2.75) is 64.2 Å². The standard InChI is InChI=1S/C26H33ClN4O3/c27-21-8-6-19(7-9-21)23-15-31-17-29-24(22(31)16-34-23)26(33)30-12-10-20(11-13-30)25(32)28-14-18-4-2-1-3-5-18/h6-9,17-18,20,23H,1-5,10-16H2,(H,28,32). The smallest absolute Gasteiger partial charge is 0.274 e. The lowest BCUT2D eigenvalue weighted by Gasteiger charge is -2.32. The number of hydrogen-bond acceptors (Lipinski definition) is 4. The summed E-state index contributed by atoms with van der Waals surface area (Å²) in [5.41, 5.74) is 2.35. The molecule has 2 fully saturated rings. The molecule has 7 nitrogen and oxygen atoms in total. The molecule has 0 radical (unpaired) electrons. The van der Waals surface area contributed by atoms with E-state index in [9.17, 15) is 9.59 Å². The average Bonchev–Trinajstić information content (AvgIpc) is 3.31. The number of imidazole rings is 1. The number of hydrogen-bond donors (Lipinski definition) is 1. The van der Waals surface area contributed by atoms with Gasteiger partial charge in [0.05, 0.1) is 25.2 Å². The van der Waals surface area contributed by atoms with Gasteiger partial charge in [0.2, 0.25) is 5.91 Å². The third-order valence-electron chi connectivity index (χ3n) is 7.62. The second kappa shape index (κ2) is 10.5. The molecule has 1 N–H and O–H groups in total. The highest BCUT2D eigenvalue weighted by Crippen LogP contribution is 2.30. The molecule has 3 heterocycles. The van der Waals surface area contributed by atoms with Crippen molar-refractivity contribution in [1.29, 1.82) is 0 Å². The summed E-state index contributed by atoms with van der Waals surface area (Å²) in [7, 11) is 0. The van der Waals surface area contributed by atoms with Gasteiger partial charge in [0.1, 0.15) is 6.10 Å². The van der Waals surface area contributed by atoms with Gasteiger partial charge < -0.3 is 19.5 Å². The van der Waals surface area contributed by atoms with Crippen LogP contribution in [0.2, 0.25) is 5.02 Å². The second-order valence-corrected chi connectivity index (χ2v) is 10.3. The average molecular weight is 485 g/mol. The van der Waals surface area contributed by atoms with Gasteiger partial charge in [-0.2, -0.15) is 0 Å². The first-order valence-electron chi connectivity index (χ1n) is 12.6. The van der Waals surface area contributed by atoms with E-state index < -0.39 is 0 Å². The number of rotatable bonds is 5. The predicted molar refractivity (Wildman–Crippen MR) is 129 cm³/mol. The summed E-state index contributed by atoms with van der Waals surface area (Å²) >= 11 is 6.00. The van der Waals surface area contributed by atoms with Crippen molar-refractivity contribution in [1.82, 2.24) is 19.8 Å². The van der Waals surface area contributed by atoms with Gasteiger partial charge in [0, 0.05) is 30.6 Å². The number of amides is 2. The number of carbonyl (C=O) groups excluding carboxylic acids is 2. The molecule has 1 atom stereocenters. The Kier molecular flexibility index (Phi) is 7.21. The van der Waals surface area contributed by atoms with E-state index in [1.54, 1.807) is 6.33 Å². The number of nitrogens with zero attached hydrogens (tertiary/aromatic N) is 3. The van der Waals surface area contributed by atoms with Crippen LogP contribution in [0.1, 0.15) is 72.8 Å². The zero-order valence-electron chi connectivity index (χ0n) is 19.5. The van der Waals surface area contributed by atoms with Gasteiger partial charge in [-0.3, -0.25) is 9.59 Å². The minimum atomic E-state index is -0.0928. The fraction of sp³-hybridized carbons (Fsp3) is 0.577. The number of carbonyl (C=O) groups is 2. The molecular formula is C26H33ClN4O3. The van der Waals surface area contributed by atoms with Crippen molar-refractivity contribution >= 4 is 23.4 Å². The fourth-order valence-corrected chi connectivity index (χ4v) is 5.59. The molecule has 182 valence electrons. The van der Waals surface area contributed by atoms with Crippen molar-refractivity contribution in [3.05, 3.63) is 52.6 Å². The summed E-state index contributed by atoms with van der Waals surface area (Å²) in [4.78, 5) is 32.1. The first-order chi connectivity index (χ1) is 16.6. The molecule has 1 saturated carbocycles. The van der Waals surface area contributed by atoms with E-state index in [2.05, 4.69) is 10.3 Å². The summed E-state index contributed by atoms with van der Waals surface area (Å²) in [5.74, 6) is 0.710. The molecule has 1 unspecified atom stereocenters. The van der Waals surface area contributed by atoms with E-state index in [4.69, 9.17) is 16.3 Å². The summed E-state index contributed by atoms with van der Waals surface area (Å²) in [6.45, 7) is 2.92. The molecule has 2 amide bonds. The van der Waals surface area contributed by atoms with Crippen molar-refractivity contribution in [3.8, 4) is 0 Å². The van der Waals surface area contributed by atoms with Crippen LogP contribution in [0.25, 0.3) is 0 Å². The highest BCUT2D eigenvalue weighted by atomic mass is 35.5. The maximum Gasteiger partial charge on any atom is 0.274 e. The topological polar surface area (TPSA) is 76.5 Å². The van der Waals surface area contributed by atoms with Crippen LogP contribution in [0.5, 0.6) is 0 Å². The number of fused-ring (bicyclic) bond motifs is 1. The first kappa shape index (κ1) is 23.4. The Bertz CT molecular complexity index is 1010. The third-order valence-corrected chi connectivity index (χ3v) is 7.87. The van der Waals surface area contributed by atoms with Gasteiger partial charge in [-0.15, -0.1) is 0 Å². The zero-order valence-corrected chi connectivity index (χ0v) is 20.3. The third kappa shape index (κ3) is 5.15. The molecule has 8 heteroatoms. The van der Waals surface area contributed by atoms with Crippen molar-refractivity contribution in [2.75, 3.05) is 19.6 Å². The van der Waals surface area contributed by atoms with Crippen LogP contribution in [-0.2, 0) is 22.7 Å². The lowest BCUT2D eigenvalue weighted by molar-refractivity contribution is -0.126. The number of ether oxygens (including phenoxy) is 1. The molecule has 5 rings (SSSR count). The minimum Gasteiger partial charge on any atom is -0.365 e. The zero-order chi connectivity index (χ0) is 23.5. The molecule has 0 spiro atoms. The Morgan fingerprint density at radius 1 is 1.06 bits per heavy atom. The Morgan fingerprint density at radius 2 is 1.79 bits per heavy atom. The Labute approximate surface area is 205 Å². The predicted octanol–water partition coefficient (Wildman–Crippen LogP) is 4.36. The summed E-state index contributed by atoms with van der Waals surface area (Å²) in [6.07, 6.45) is 9.40. The molecule has 1 saturated heterocycles. The van der Waals surface area contributed by atoms with E-state index in [1.807, 2.05) is 33.7 Å². The minimum absolute atomic E-state index is 0.00739. The highest BCUT2D eigenvalue weighted by Gasteiger charge is 2.32. The van der Waals surface area contributed by atoms with Crippen LogP contribution in [-0.4, -0.2) is 45.9 Å². The van der Waals surface area contributed by atoms with Crippen LogP contribution >= 0.6 is 11.6 Å². The molecule has 1 aromatic carbocycles. The van der Waals surface area contributed by atoms with Crippen LogP contribution in [0.4, 0.5) is 0 Å². The van der Waals surface area contributed by atoms with Gasteiger partial charge in [-0.1, -0.05) is 43.0 Å². The van der Waals surface area contributed by atoms with Crippen molar-refractivity contribution < 1.29 is 14.3 Å². The van der Waals surface area contributed by atoms with Crippen molar-refractivity contribution in [3.63, 3.8) is 0 Å². The molecule has 34 heavy (non-hydrogen) atoms. The number of benzene rings is 1. The Balaban J connectivity index is 1.14. The van der Waals surface area contributed by atoms with E-state index in [-0.39, 0.29) is 23.8 Å². The number of nitrogens with one attached hydrogen (secondary N) is 1. The van der Waals surface area contributed by atoms with Crippen LogP contribution < -0.4 is 5.32 Å². The maximum absolute atomic E-state index is 13.2. The Morgan fingerprint density at radius 3 is 2.53 bits per heavy atom. The lowest BCUT2D eigenvalue weighted by atomic mass is 9.89. The van der Waals surface area contributed by atoms with Gasteiger partial charge in [0.15, 0.2) is 5.69 Å². The monoisotopic (exact) mass is 484 g/mol. The number of aromatic nitrogens is 2. The van der Waals surface area contributed by atoms with Gasteiger partial charge in [0.25, 0.3) is 5.91 Å². The Hall–Kier alpha value is -2.38.